The Labute approximate surface area is 198 Å². The summed E-state index contributed by atoms with van der Waals surface area (Å²) >= 11 is 0.0586. The Morgan fingerprint density at radius 2 is 1.81 bits per heavy atom. The summed E-state index contributed by atoms with van der Waals surface area (Å²) in [4.78, 5) is 22.2. The summed E-state index contributed by atoms with van der Waals surface area (Å²) in [6.07, 6.45) is 4.14. The molecule has 32 heavy (non-hydrogen) atoms. The van der Waals surface area contributed by atoms with Gasteiger partial charge >= 0.3 is 198 Å². The number of morpholine rings is 1. The molecule has 0 atom stereocenters. The van der Waals surface area contributed by atoms with E-state index in [-0.39, 0.29) is 31.7 Å². The van der Waals surface area contributed by atoms with Crippen LogP contribution in [-0.2, 0) is 15.6 Å². The minimum absolute atomic E-state index is 0.0340. The SMILES string of the molecule is Cc1cc([Se]C#Cc2ccc(C(=O)N3CCOCC3)nc2)c2c(c1)C(C)(C)CCC2(C)C. The molecule has 4 rings (SSSR count). The molecule has 5 heteroatoms. The minimum atomic E-state index is -0.0340. The first-order valence-electron chi connectivity index (χ1n) is 11.3. The van der Waals surface area contributed by atoms with Gasteiger partial charge in [0, 0.05) is 0 Å². The summed E-state index contributed by atoms with van der Waals surface area (Å²) in [5, 5.41) is 0. The van der Waals surface area contributed by atoms with Crippen LogP contribution in [0.25, 0.3) is 0 Å². The van der Waals surface area contributed by atoms with E-state index in [1.807, 2.05) is 6.07 Å². The maximum atomic E-state index is 12.6. The van der Waals surface area contributed by atoms with Gasteiger partial charge in [-0.05, 0) is 0 Å². The fourth-order valence-electron chi connectivity index (χ4n) is 4.61. The molecule has 0 saturated carbocycles. The van der Waals surface area contributed by atoms with Gasteiger partial charge in [0.1, 0.15) is 0 Å². The molecular formula is C27H32N2O2Se. The van der Waals surface area contributed by atoms with Crippen molar-refractivity contribution in [1.82, 2.24) is 9.88 Å². The van der Waals surface area contributed by atoms with Gasteiger partial charge in [0.25, 0.3) is 0 Å². The maximum absolute atomic E-state index is 12.6. The molecule has 0 radical (unpaired) electrons. The zero-order chi connectivity index (χ0) is 22.9. The first-order chi connectivity index (χ1) is 15.2. The Hall–Kier alpha value is -2.12. The average Bonchev–Trinajstić information content (AvgIpc) is 2.77. The van der Waals surface area contributed by atoms with Gasteiger partial charge in [-0.1, -0.05) is 0 Å². The van der Waals surface area contributed by atoms with Crippen molar-refractivity contribution in [3.8, 4) is 10.7 Å². The monoisotopic (exact) mass is 496 g/mol. The van der Waals surface area contributed by atoms with Crippen LogP contribution in [0.5, 0.6) is 0 Å². The fraction of sp³-hybridized carbons (Fsp3) is 0.481. The van der Waals surface area contributed by atoms with Gasteiger partial charge in [0.15, 0.2) is 0 Å². The second-order valence-electron chi connectivity index (χ2n) is 10.1. The van der Waals surface area contributed by atoms with Crippen LogP contribution in [0.1, 0.15) is 73.3 Å². The molecule has 1 aromatic heterocycles. The van der Waals surface area contributed by atoms with Crippen molar-refractivity contribution in [2.45, 2.75) is 58.3 Å². The average molecular weight is 496 g/mol. The zero-order valence-electron chi connectivity index (χ0n) is 19.7. The van der Waals surface area contributed by atoms with Gasteiger partial charge in [-0.2, -0.15) is 0 Å². The summed E-state index contributed by atoms with van der Waals surface area (Å²) < 4.78 is 6.73. The molecule has 168 valence electrons. The van der Waals surface area contributed by atoms with Gasteiger partial charge in [0.05, 0.1) is 0 Å². The van der Waals surface area contributed by atoms with Crippen LogP contribution in [0.4, 0.5) is 0 Å². The standard InChI is InChI=1S/C27H32N2O2Se/c1-19-16-21-24(27(4,5)10-9-26(21,2)3)23(17-19)32-15-8-20-6-7-22(28-18-20)25(30)29-11-13-31-14-12-29/h6-7,16-18H,9-14H2,1-5H3. The molecule has 2 aromatic rings. The molecule has 2 aliphatic rings. The van der Waals surface area contributed by atoms with Crippen LogP contribution in [0.2, 0.25) is 0 Å². The molecular weight excluding hydrogens is 463 g/mol. The van der Waals surface area contributed by atoms with Gasteiger partial charge in [-0.3, -0.25) is 0 Å². The number of hydrogen-bond donors (Lipinski definition) is 0. The fourth-order valence-corrected chi connectivity index (χ4v) is 6.74. The number of rotatable bonds is 2. The van der Waals surface area contributed by atoms with Crippen molar-refractivity contribution < 1.29 is 9.53 Å². The van der Waals surface area contributed by atoms with Crippen molar-refractivity contribution >= 4 is 25.3 Å². The van der Waals surface area contributed by atoms with Gasteiger partial charge in [0.2, 0.25) is 0 Å². The van der Waals surface area contributed by atoms with E-state index >= 15 is 0 Å². The van der Waals surface area contributed by atoms with Crippen molar-refractivity contribution in [3.63, 3.8) is 0 Å². The van der Waals surface area contributed by atoms with E-state index in [2.05, 4.69) is 62.5 Å². The first kappa shape index (κ1) is 23.1. The number of carbonyl (C=O) groups excluding carboxylic acids is 1. The van der Waals surface area contributed by atoms with Crippen LogP contribution in [-0.4, -0.2) is 57.1 Å². The summed E-state index contributed by atoms with van der Waals surface area (Å²) in [7, 11) is 0. The van der Waals surface area contributed by atoms with Crippen LogP contribution < -0.4 is 4.46 Å². The van der Waals surface area contributed by atoms with Crippen LogP contribution in [0, 0.1) is 17.7 Å². The van der Waals surface area contributed by atoms with E-state index in [0.717, 1.165) is 5.56 Å². The zero-order valence-corrected chi connectivity index (χ0v) is 21.5. The topological polar surface area (TPSA) is 42.4 Å². The molecule has 1 aromatic carbocycles. The number of amides is 1. The van der Waals surface area contributed by atoms with E-state index in [4.69, 9.17) is 4.74 Å². The molecule has 0 N–H and O–H groups in total. The number of fused-ring (bicyclic) bond motifs is 1. The van der Waals surface area contributed by atoms with Gasteiger partial charge in [-0.25, -0.2) is 0 Å². The Morgan fingerprint density at radius 1 is 1.09 bits per heavy atom. The number of benzene rings is 1. The van der Waals surface area contributed by atoms with Gasteiger partial charge in [-0.15, -0.1) is 0 Å². The molecule has 0 spiro atoms. The molecule has 1 fully saturated rings. The van der Waals surface area contributed by atoms with E-state index < -0.39 is 0 Å². The molecule has 4 nitrogen and oxygen atoms in total. The normalized spacial score (nSPS) is 19.0. The molecule has 1 aliphatic heterocycles. The Balaban J connectivity index is 1.54. The third-order valence-corrected chi connectivity index (χ3v) is 8.23. The third-order valence-electron chi connectivity index (χ3n) is 6.66. The number of carbonyl (C=O) groups is 1. The van der Waals surface area contributed by atoms with E-state index in [0.29, 0.717) is 32.0 Å². The number of aryl methyl sites for hydroxylation is 1. The van der Waals surface area contributed by atoms with Crippen molar-refractivity contribution in [3.05, 3.63) is 58.4 Å². The molecule has 1 aliphatic carbocycles. The number of hydrogen-bond acceptors (Lipinski definition) is 3. The summed E-state index contributed by atoms with van der Waals surface area (Å²) in [5.41, 5.74) is 6.05. The first-order valence-corrected chi connectivity index (χ1v) is 13.1. The van der Waals surface area contributed by atoms with E-state index in [1.165, 1.54) is 34.0 Å². The van der Waals surface area contributed by atoms with Crippen molar-refractivity contribution in [2.24, 2.45) is 0 Å². The number of nitrogens with zero attached hydrogens (tertiary/aromatic N) is 2. The summed E-state index contributed by atoms with van der Waals surface area (Å²) in [6, 6.07) is 8.41. The Kier molecular flexibility index (Phi) is 6.50. The Morgan fingerprint density at radius 3 is 2.50 bits per heavy atom. The third kappa shape index (κ3) is 4.79. The predicted molar refractivity (Wildman–Crippen MR) is 130 cm³/mol. The molecule has 1 amide bonds. The van der Waals surface area contributed by atoms with Crippen molar-refractivity contribution in [2.75, 3.05) is 26.3 Å². The van der Waals surface area contributed by atoms with Crippen molar-refractivity contribution in [1.29, 1.82) is 0 Å². The molecule has 0 unspecified atom stereocenters. The van der Waals surface area contributed by atoms with E-state index in [9.17, 15) is 4.79 Å². The number of pyridine rings is 1. The Bertz CT molecular complexity index is 1070. The predicted octanol–water partition coefficient (Wildman–Crippen LogP) is 3.55. The number of ether oxygens (including phenoxy) is 1. The van der Waals surface area contributed by atoms with Crippen LogP contribution >= 0.6 is 0 Å². The molecule has 1 saturated heterocycles. The second kappa shape index (κ2) is 9.02. The second-order valence-corrected chi connectivity index (χ2v) is 11.9. The van der Waals surface area contributed by atoms with E-state index in [1.54, 1.807) is 17.2 Å². The van der Waals surface area contributed by atoms with Crippen LogP contribution in [0.3, 0.4) is 0 Å². The van der Waals surface area contributed by atoms with Gasteiger partial charge < -0.3 is 0 Å². The molecule has 2 heterocycles. The molecule has 0 bridgehead atoms. The van der Waals surface area contributed by atoms with Crippen LogP contribution in [0.15, 0.2) is 30.5 Å². The quantitative estimate of drug-likeness (QED) is 0.473. The number of aromatic nitrogens is 1. The summed E-state index contributed by atoms with van der Waals surface area (Å²) in [5.74, 6) is 3.25. The summed E-state index contributed by atoms with van der Waals surface area (Å²) in [6.45, 7) is 14.1.